The largest absolute Gasteiger partial charge is 0.358 e. The number of carbonyl (C=O) groups is 2. The molecule has 0 radical (unpaired) electrons. The minimum absolute atomic E-state index is 0.0356. The van der Waals surface area contributed by atoms with Gasteiger partial charge in [-0.2, -0.15) is 4.68 Å². The van der Waals surface area contributed by atoms with E-state index in [0.717, 1.165) is 16.6 Å². The number of benzene rings is 2. The first-order chi connectivity index (χ1) is 13.1. The van der Waals surface area contributed by atoms with Gasteiger partial charge in [0.25, 0.3) is 11.7 Å². The fraction of sp³-hybridized carbons (Fsp3) is 0.105. The van der Waals surface area contributed by atoms with Gasteiger partial charge in [-0.05, 0) is 35.5 Å². The van der Waals surface area contributed by atoms with E-state index in [2.05, 4.69) is 25.8 Å². The first-order valence-electron chi connectivity index (χ1n) is 8.37. The molecular weight excluding hydrogens is 344 g/mol. The Morgan fingerprint density at radius 3 is 2.63 bits per heavy atom. The monoisotopic (exact) mass is 360 g/mol. The van der Waals surface area contributed by atoms with Crippen LogP contribution in [0.15, 0.2) is 54.6 Å². The summed E-state index contributed by atoms with van der Waals surface area (Å²) in [5, 5.41) is 14.8. The molecule has 2 aromatic carbocycles. The van der Waals surface area contributed by atoms with Crippen LogP contribution in [-0.4, -0.2) is 36.9 Å². The molecule has 0 aliphatic rings. The molecule has 0 bridgehead atoms. The highest BCUT2D eigenvalue weighted by Crippen LogP contribution is 2.22. The van der Waals surface area contributed by atoms with E-state index in [-0.39, 0.29) is 6.54 Å². The molecule has 0 aliphatic carbocycles. The highest BCUT2D eigenvalue weighted by atomic mass is 16.2. The number of hydrogen-bond acceptors (Lipinski definition) is 5. The summed E-state index contributed by atoms with van der Waals surface area (Å²) in [5.74, 6) is -0.868. The Morgan fingerprint density at radius 2 is 1.81 bits per heavy atom. The van der Waals surface area contributed by atoms with Gasteiger partial charge in [0.05, 0.1) is 17.8 Å². The number of Topliss-reactive ketones (excluding diaryl/α,β-unsaturated/α-hetero) is 1. The Labute approximate surface area is 154 Å². The molecule has 1 amide bonds. The zero-order chi connectivity index (χ0) is 18.8. The van der Waals surface area contributed by atoms with Crippen LogP contribution in [0.5, 0.6) is 0 Å². The van der Waals surface area contributed by atoms with Gasteiger partial charge >= 0.3 is 0 Å². The van der Waals surface area contributed by atoms with E-state index in [1.165, 1.54) is 4.68 Å². The topological polar surface area (TPSA) is 106 Å². The molecule has 2 heterocycles. The van der Waals surface area contributed by atoms with Crippen LogP contribution >= 0.6 is 0 Å². The van der Waals surface area contributed by atoms with Gasteiger partial charge in [0.2, 0.25) is 0 Å². The van der Waals surface area contributed by atoms with Crippen molar-refractivity contribution in [2.24, 2.45) is 0 Å². The highest BCUT2D eigenvalue weighted by Gasteiger charge is 2.23. The Kier molecular flexibility index (Phi) is 4.21. The standard InChI is InChI=1S/C19H16N6O2/c1-12-17(14-9-5-6-10-15(14)21-12)18(26)19(27)20-11-16-22-23-24-25(16)13-7-3-2-4-8-13/h2-10,21H,11H2,1H3,(H,20,27). The number of amides is 1. The number of aromatic nitrogens is 5. The number of aryl methyl sites for hydroxylation is 1. The van der Waals surface area contributed by atoms with Crippen molar-refractivity contribution >= 4 is 22.6 Å². The lowest BCUT2D eigenvalue weighted by molar-refractivity contribution is -0.117. The van der Waals surface area contributed by atoms with Crippen LogP contribution < -0.4 is 5.32 Å². The quantitative estimate of drug-likeness (QED) is 0.418. The molecule has 0 fully saturated rings. The third-order valence-corrected chi connectivity index (χ3v) is 4.27. The molecule has 2 aromatic heterocycles. The second kappa shape index (κ2) is 6.83. The van der Waals surface area contributed by atoms with Gasteiger partial charge in [0, 0.05) is 16.6 Å². The van der Waals surface area contributed by atoms with E-state index < -0.39 is 11.7 Å². The SMILES string of the molecule is Cc1[nH]c2ccccc2c1C(=O)C(=O)NCc1nnnn1-c1ccccc1. The lowest BCUT2D eigenvalue weighted by atomic mass is 10.1. The average Bonchev–Trinajstić information content (AvgIpc) is 3.29. The summed E-state index contributed by atoms with van der Waals surface area (Å²) in [6.45, 7) is 1.81. The van der Waals surface area contributed by atoms with Gasteiger partial charge in [0.15, 0.2) is 5.82 Å². The summed E-state index contributed by atoms with van der Waals surface area (Å²) in [7, 11) is 0. The van der Waals surface area contributed by atoms with Crippen molar-refractivity contribution in [1.82, 2.24) is 30.5 Å². The Balaban J connectivity index is 1.53. The number of hydrogen-bond donors (Lipinski definition) is 2. The van der Waals surface area contributed by atoms with Crippen LogP contribution in [0.3, 0.4) is 0 Å². The van der Waals surface area contributed by atoms with Crippen LogP contribution in [0.2, 0.25) is 0 Å². The molecule has 0 unspecified atom stereocenters. The minimum Gasteiger partial charge on any atom is -0.358 e. The number of carbonyl (C=O) groups excluding carboxylic acids is 2. The van der Waals surface area contributed by atoms with Crippen molar-refractivity contribution < 1.29 is 9.59 Å². The summed E-state index contributed by atoms with van der Waals surface area (Å²) in [5.41, 5.74) is 2.63. The summed E-state index contributed by atoms with van der Waals surface area (Å²) in [6.07, 6.45) is 0. The highest BCUT2D eigenvalue weighted by molar-refractivity contribution is 6.45. The lowest BCUT2D eigenvalue weighted by Gasteiger charge is -2.06. The Morgan fingerprint density at radius 1 is 1.07 bits per heavy atom. The smallest absolute Gasteiger partial charge is 0.292 e. The van der Waals surface area contributed by atoms with Crippen molar-refractivity contribution in [1.29, 1.82) is 0 Å². The number of rotatable bonds is 5. The molecule has 0 saturated heterocycles. The molecule has 134 valence electrons. The van der Waals surface area contributed by atoms with Gasteiger partial charge < -0.3 is 10.3 Å². The summed E-state index contributed by atoms with van der Waals surface area (Å²) in [4.78, 5) is 28.2. The maximum absolute atomic E-state index is 12.7. The third-order valence-electron chi connectivity index (χ3n) is 4.27. The number of ketones is 1. The van der Waals surface area contributed by atoms with Crippen LogP contribution in [0.25, 0.3) is 16.6 Å². The van der Waals surface area contributed by atoms with Gasteiger partial charge in [-0.1, -0.05) is 36.4 Å². The van der Waals surface area contributed by atoms with Gasteiger partial charge in [-0.3, -0.25) is 9.59 Å². The Bertz CT molecular complexity index is 1130. The number of H-pyrrole nitrogens is 1. The first kappa shape index (κ1) is 16.6. The van der Waals surface area contributed by atoms with E-state index in [9.17, 15) is 9.59 Å². The van der Waals surface area contributed by atoms with Crippen LogP contribution in [0.4, 0.5) is 0 Å². The predicted molar refractivity (Wildman–Crippen MR) is 98.4 cm³/mol. The number of nitrogens with one attached hydrogen (secondary N) is 2. The molecule has 0 aliphatic heterocycles. The van der Waals surface area contributed by atoms with Crippen LogP contribution in [0, 0.1) is 6.92 Å². The third kappa shape index (κ3) is 3.08. The zero-order valence-corrected chi connectivity index (χ0v) is 14.5. The van der Waals surface area contributed by atoms with Gasteiger partial charge in [-0.15, -0.1) is 5.10 Å². The molecule has 4 aromatic rings. The molecule has 4 rings (SSSR count). The lowest BCUT2D eigenvalue weighted by Crippen LogP contribution is -2.31. The number of aromatic amines is 1. The molecule has 8 heteroatoms. The number of para-hydroxylation sites is 2. The van der Waals surface area contributed by atoms with Crippen LogP contribution in [-0.2, 0) is 11.3 Å². The van der Waals surface area contributed by atoms with E-state index in [0.29, 0.717) is 17.1 Å². The fourth-order valence-electron chi connectivity index (χ4n) is 3.01. The molecular formula is C19H16N6O2. The van der Waals surface area contributed by atoms with Crippen LogP contribution in [0.1, 0.15) is 21.9 Å². The predicted octanol–water partition coefficient (Wildman–Crippen LogP) is 1.95. The molecule has 0 saturated carbocycles. The molecule has 27 heavy (non-hydrogen) atoms. The molecule has 2 N–H and O–H groups in total. The van der Waals surface area contributed by atoms with E-state index in [1.54, 1.807) is 6.92 Å². The maximum atomic E-state index is 12.7. The average molecular weight is 360 g/mol. The molecule has 0 atom stereocenters. The zero-order valence-electron chi connectivity index (χ0n) is 14.5. The van der Waals surface area contributed by atoms with Gasteiger partial charge in [0.1, 0.15) is 0 Å². The number of nitrogens with zero attached hydrogens (tertiary/aromatic N) is 4. The summed E-state index contributed by atoms with van der Waals surface area (Å²) >= 11 is 0. The van der Waals surface area contributed by atoms with Crippen molar-refractivity contribution in [3.63, 3.8) is 0 Å². The van der Waals surface area contributed by atoms with Crippen molar-refractivity contribution in [2.75, 3.05) is 0 Å². The first-order valence-corrected chi connectivity index (χ1v) is 8.37. The van der Waals surface area contributed by atoms with Crippen molar-refractivity contribution in [3.8, 4) is 5.69 Å². The van der Waals surface area contributed by atoms with Crippen molar-refractivity contribution in [2.45, 2.75) is 13.5 Å². The molecule has 8 nitrogen and oxygen atoms in total. The van der Waals surface area contributed by atoms with E-state index in [4.69, 9.17) is 0 Å². The Hall–Kier alpha value is -3.81. The van der Waals surface area contributed by atoms with E-state index in [1.807, 2.05) is 54.6 Å². The van der Waals surface area contributed by atoms with Crippen molar-refractivity contribution in [3.05, 3.63) is 71.7 Å². The normalized spacial score (nSPS) is 10.9. The molecule has 0 spiro atoms. The minimum atomic E-state index is -0.703. The second-order valence-electron chi connectivity index (χ2n) is 6.02. The summed E-state index contributed by atoms with van der Waals surface area (Å²) < 4.78 is 1.52. The number of fused-ring (bicyclic) bond motifs is 1. The van der Waals surface area contributed by atoms with E-state index >= 15 is 0 Å². The van der Waals surface area contributed by atoms with Gasteiger partial charge in [-0.25, -0.2) is 0 Å². The second-order valence-corrected chi connectivity index (χ2v) is 6.02. The summed E-state index contributed by atoms with van der Waals surface area (Å²) in [6, 6.07) is 16.7. The maximum Gasteiger partial charge on any atom is 0.292 e. The fourth-order valence-corrected chi connectivity index (χ4v) is 3.01. The number of tetrazole rings is 1.